The fourth-order valence-electron chi connectivity index (χ4n) is 1.92. The Labute approximate surface area is 130 Å². The van der Waals surface area contributed by atoms with Crippen molar-refractivity contribution in [1.82, 2.24) is 4.72 Å². The number of hydrogen-bond donors (Lipinski definition) is 2. The lowest BCUT2D eigenvalue weighted by atomic mass is 10.3. The zero-order valence-electron chi connectivity index (χ0n) is 12.2. The molecule has 1 aromatic heterocycles. The summed E-state index contributed by atoms with van der Waals surface area (Å²) in [6, 6.07) is 11.1. The first-order chi connectivity index (χ1) is 10.0. The van der Waals surface area contributed by atoms with Gasteiger partial charge in [-0.3, -0.25) is 0 Å². The van der Waals surface area contributed by atoms with Gasteiger partial charge in [-0.1, -0.05) is 19.1 Å². The van der Waals surface area contributed by atoms with Gasteiger partial charge in [0, 0.05) is 22.8 Å². The Morgan fingerprint density at radius 2 is 1.90 bits per heavy atom. The van der Waals surface area contributed by atoms with Crippen LogP contribution in [0.25, 0.3) is 0 Å². The van der Waals surface area contributed by atoms with E-state index in [0.717, 1.165) is 6.42 Å². The number of nitrogens with one attached hydrogen (secondary N) is 2. The predicted octanol–water partition coefficient (Wildman–Crippen LogP) is 3.36. The maximum Gasteiger partial charge on any atom is 0.242 e. The Bertz CT molecular complexity index is 693. The molecule has 2 N–H and O–H groups in total. The summed E-state index contributed by atoms with van der Waals surface area (Å²) in [5.74, 6) is 0. The molecule has 21 heavy (non-hydrogen) atoms. The molecule has 0 bridgehead atoms. The molecule has 4 nitrogen and oxygen atoms in total. The second-order valence-electron chi connectivity index (χ2n) is 4.76. The van der Waals surface area contributed by atoms with E-state index < -0.39 is 10.0 Å². The second-order valence-corrected chi connectivity index (χ2v) is 7.87. The Hall–Kier alpha value is -1.37. The summed E-state index contributed by atoms with van der Waals surface area (Å²) in [5, 5.41) is 3.22. The third-order valence-corrected chi connectivity index (χ3v) is 5.49. The van der Waals surface area contributed by atoms with Gasteiger partial charge in [-0.2, -0.15) is 0 Å². The fourth-order valence-corrected chi connectivity index (χ4v) is 4.07. The molecule has 0 saturated carbocycles. The Morgan fingerprint density at radius 1 is 1.14 bits per heavy atom. The average Bonchev–Trinajstić information content (AvgIpc) is 2.89. The number of sulfonamides is 1. The van der Waals surface area contributed by atoms with Crippen molar-refractivity contribution in [2.24, 2.45) is 0 Å². The van der Waals surface area contributed by atoms with Crippen molar-refractivity contribution >= 4 is 27.0 Å². The van der Waals surface area contributed by atoms with Gasteiger partial charge in [0.15, 0.2) is 0 Å². The van der Waals surface area contributed by atoms with Gasteiger partial charge in [-0.15, -0.1) is 11.3 Å². The number of anilines is 1. The van der Waals surface area contributed by atoms with Gasteiger partial charge in [0.2, 0.25) is 10.0 Å². The van der Waals surface area contributed by atoms with Crippen LogP contribution >= 0.6 is 11.3 Å². The maximum atomic E-state index is 12.3. The Kier molecular flexibility index (Phi) is 5.39. The smallest absolute Gasteiger partial charge is 0.242 e. The van der Waals surface area contributed by atoms with E-state index in [2.05, 4.69) is 29.1 Å². The number of benzene rings is 1. The third kappa shape index (κ3) is 4.30. The lowest BCUT2D eigenvalue weighted by Gasteiger charge is -2.12. The monoisotopic (exact) mass is 324 g/mol. The summed E-state index contributed by atoms with van der Waals surface area (Å²) < 4.78 is 27.2. The summed E-state index contributed by atoms with van der Waals surface area (Å²) in [6.07, 6.45) is 0.767. The first-order valence-corrected chi connectivity index (χ1v) is 9.21. The van der Waals surface area contributed by atoms with Crippen molar-refractivity contribution < 1.29 is 8.42 Å². The van der Waals surface area contributed by atoms with Crippen LogP contribution in [0.5, 0.6) is 0 Å². The van der Waals surface area contributed by atoms with Gasteiger partial charge >= 0.3 is 0 Å². The van der Waals surface area contributed by atoms with Crippen molar-refractivity contribution in [2.75, 3.05) is 11.9 Å². The summed E-state index contributed by atoms with van der Waals surface area (Å²) in [4.78, 5) is 2.73. The zero-order chi connectivity index (χ0) is 15.3. The normalized spacial score (nSPS) is 11.5. The number of thiophene rings is 1. The molecule has 0 aliphatic carbocycles. The van der Waals surface area contributed by atoms with Crippen LogP contribution in [-0.2, 0) is 16.6 Å². The molecule has 114 valence electrons. The molecular formula is C15H20N2O2S2. The van der Waals surface area contributed by atoms with Crippen LogP contribution in [0.4, 0.5) is 5.69 Å². The highest BCUT2D eigenvalue weighted by Crippen LogP contribution is 2.23. The van der Waals surface area contributed by atoms with Crippen molar-refractivity contribution in [2.45, 2.75) is 31.7 Å². The number of hydrogen-bond acceptors (Lipinski definition) is 4. The molecule has 6 heteroatoms. The van der Waals surface area contributed by atoms with Gasteiger partial charge in [-0.25, -0.2) is 13.1 Å². The van der Waals surface area contributed by atoms with E-state index in [4.69, 9.17) is 0 Å². The summed E-state index contributed by atoms with van der Waals surface area (Å²) in [7, 11) is -3.46. The van der Waals surface area contributed by atoms with Crippen LogP contribution in [0.1, 0.15) is 23.1 Å². The minimum atomic E-state index is -3.46. The number of para-hydroxylation sites is 1. The second kappa shape index (κ2) is 7.06. The highest BCUT2D eigenvalue weighted by atomic mass is 32.2. The maximum absolute atomic E-state index is 12.3. The van der Waals surface area contributed by atoms with Crippen molar-refractivity contribution in [3.8, 4) is 0 Å². The van der Waals surface area contributed by atoms with E-state index in [-0.39, 0.29) is 0 Å². The van der Waals surface area contributed by atoms with Crippen LogP contribution in [0.2, 0.25) is 0 Å². The Morgan fingerprint density at radius 3 is 2.57 bits per heavy atom. The molecule has 1 heterocycles. The predicted molar refractivity (Wildman–Crippen MR) is 88.3 cm³/mol. The fraction of sp³-hybridized carbons (Fsp3) is 0.333. The molecule has 0 saturated heterocycles. The summed E-state index contributed by atoms with van der Waals surface area (Å²) in [5.41, 5.74) is 0.632. The molecule has 2 rings (SSSR count). The molecule has 0 amide bonds. The molecule has 0 spiro atoms. The molecule has 0 aliphatic heterocycles. The van der Waals surface area contributed by atoms with Gasteiger partial charge in [0.25, 0.3) is 0 Å². The van der Waals surface area contributed by atoms with Crippen LogP contribution < -0.4 is 10.0 Å². The van der Waals surface area contributed by atoms with E-state index in [9.17, 15) is 8.42 Å². The lowest BCUT2D eigenvalue weighted by Crippen LogP contribution is -2.25. The standard InChI is InChI=1S/C15H20N2O2S2/c1-3-10-17-21(18,19)15-7-5-4-6-14(15)16-11-13-9-8-12(2)20-13/h4-9,16-17H,3,10-11H2,1-2H3. The molecule has 0 aliphatic rings. The highest BCUT2D eigenvalue weighted by Gasteiger charge is 2.17. The van der Waals surface area contributed by atoms with Crippen LogP contribution in [-0.4, -0.2) is 15.0 Å². The van der Waals surface area contributed by atoms with Crippen molar-refractivity contribution in [3.63, 3.8) is 0 Å². The minimum Gasteiger partial charge on any atom is -0.379 e. The molecule has 0 atom stereocenters. The van der Waals surface area contributed by atoms with Crippen molar-refractivity contribution in [1.29, 1.82) is 0 Å². The van der Waals surface area contributed by atoms with Gasteiger partial charge in [-0.05, 0) is 37.6 Å². The van der Waals surface area contributed by atoms with Gasteiger partial charge in [0.1, 0.15) is 4.90 Å². The third-order valence-electron chi connectivity index (χ3n) is 2.97. The summed E-state index contributed by atoms with van der Waals surface area (Å²) >= 11 is 1.71. The number of aryl methyl sites for hydroxylation is 1. The minimum absolute atomic E-state index is 0.298. The summed E-state index contributed by atoms with van der Waals surface area (Å²) in [6.45, 7) is 5.06. The van der Waals surface area contributed by atoms with E-state index in [1.54, 1.807) is 29.5 Å². The molecular weight excluding hydrogens is 304 g/mol. The van der Waals surface area contributed by atoms with E-state index in [1.807, 2.05) is 13.0 Å². The number of rotatable bonds is 7. The van der Waals surface area contributed by atoms with Crippen molar-refractivity contribution in [3.05, 3.63) is 46.2 Å². The average molecular weight is 324 g/mol. The first-order valence-electron chi connectivity index (χ1n) is 6.91. The van der Waals surface area contributed by atoms with Gasteiger partial charge < -0.3 is 5.32 Å². The van der Waals surface area contributed by atoms with Gasteiger partial charge in [0.05, 0.1) is 5.69 Å². The van der Waals surface area contributed by atoms with Crippen LogP contribution in [0.15, 0.2) is 41.3 Å². The zero-order valence-corrected chi connectivity index (χ0v) is 13.9. The molecule has 1 aromatic carbocycles. The lowest BCUT2D eigenvalue weighted by molar-refractivity contribution is 0.581. The van der Waals surface area contributed by atoms with E-state index in [0.29, 0.717) is 23.7 Å². The highest BCUT2D eigenvalue weighted by molar-refractivity contribution is 7.89. The first kappa shape index (κ1) is 16.0. The molecule has 0 unspecified atom stereocenters. The molecule has 2 aromatic rings. The SMILES string of the molecule is CCCNS(=O)(=O)c1ccccc1NCc1ccc(C)s1. The van der Waals surface area contributed by atoms with E-state index >= 15 is 0 Å². The van der Waals surface area contributed by atoms with E-state index in [1.165, 1.54) is 9.75 Å². The van der Waals surface area contributed by atoms with Crippen LogP contribution in [0.3, 0.4) is 0 Å². The Balaban J connectivity index is 2.16. The molecule has 0 radical (unpaired) electrons. The quantitative estimate of drug-likeness (QED) is 0.821. The molecule has 0 fully saturated rings. The topological polar surface area (TPSA) is 58.2 Å². The van der Waals surface area contributed by atoms with Crippen LogP contribution in [0, 0.1) is 6.92 Å². The largest absolute Gasteiger partial charge is 0.379 e.